The van der Waals surface area contributed by atoms with E-state index in [2.05, 4.69) is 5.32 Å². The van der Waals surface area contributed by atoms with Crippen LogP contribution in [0.4, 0.5) is 0 Å². The zero-order valence-corrected chi connectivity index (χ0v) is 18.5. The van der Waals surface area contributed by atoms with E-state index in [9.17, 15) is 39.0 Å². The number of quaternary nitrogens is 1. The van der Waals surface area contributed by atoms with E-state index in [1.807, 2.05) is 0 Å². The Morgan fingerprint density at radius 2 is 0.912 bits per heavy atom. The normalized spacial score (nSPS) is 11.5. The first-order chi connectivity index (χ1) is 15.7. The van der Waals surface area contributed by atoms with Gasteiger partial charge in [0.05, 0.1) is 39.3 Å². The largest absolute Gasteiger partial charge is 0.480 e. The Balaban J connectivity index is 5.22. The molecule has 0 saturated carbocycles. The molecule has 0 amide bonds. The third kappa shape index (κ3) is 15.5. The van der Waals surface area contributed by atoms with Gasteiger partial charge in [-0.15, -0.1) is 0 Å². The van der Waals surface area contributed by atoms with Crippen molar-refractivity contribution < 1.29 is 63.9 Å². The van der Waals surface area contributed by atoms with Crippen LogP contribution in [0.25, 0.3) is 0 Å². The van der Waals surface area contributed by atoms with Gasteiger partial charge in [0.25, 0.3) is 0 Å². The van der Waals surface area contributed by atoms with Crippen LogP contribution in [0.5, 0.6) is 0 Å². The lowest BCUT2D eigenvalue weighted by atomic mass is 10.2. The second-order valence-electron chi connectivity index (χ2n) is 7.64. The summed E-state index contributed by atoms with van der Waals surface area (Å²) in [4.78, 5) is 68.7. The molecule has 0 spiro atoms. The molecule has 7 N–H and O–H groups in total. The molecule has 0 bridgehead atoms. The number of aliphatic carboxylic acids is 6. The maximum Gasteiger partial charge on any atom is 0.359 e. The molecule has 0 heterocycles. The second kappa shape index (κ2) is 15.5. The molecule has 34 heavy (non-hydrogen) atoms. The van der Waals surface area contributed by atoms with Gasteiger partial charge in [-0.25, -0.2) is 9.59 Å². The Kier molecular flexibility index (Phi) is 14.0. The highest BCUT2D eigenvalue weighted by molar-refractivity contribution is 5.73. The molecule has 0 atom stereocenters. The van der Waals surface area contributed by atoms with Crippen LogP contribution in [-0.4, -0.2) is 159 Å². The van der Waals surface area contributed by atoms with Gasteiger partial charge in [0.1, 0.15) is 0 Å². The Bertz CT molecular complexity index is 696. The lowest BCUT2D eigenvalue weighted by molar-refractivity contribution is -0.912. The summed E-state index contributed by atoms with van der Waals surface area (Å²) in [5, 5.41) is 57.1. The molecule has 0 aromatic heterocycles. The molecular weight excluding hydrogens is 464 g/mol. The first kappa shape index (κ1) is 30.7. The van der Waals surface area contributed by atoms with Gasteiger partial charge in [-0.1, -0.05) is 0 Å². The molecule has 0 aliphatic rings. The number of carbonyl (C=O) groups is 6. The quantitative estimate of drug-likeness (QED) is 0.0603. The minimum atomic E-state index is -1.31. The predicted molar refractivity (Wildman–Crippen MR) is 111 cm³/mol. The van der Waals surface area contributed by atoms with Crippen LogP contribution in [0.1, 0.15) is 0 Å². The van der Waals surface area contributed by atoms with E-state index in [1.165, 1.54) is 0 Å². The number of carboxylic acids is 6. The Morgan fingerprint density at radius 1 is 0.529 bits per heavy atom. The highest BCUT2D eigenvalue weighted by Gasteiger charge is 2.34. The SMILES string of the molecule is O=C(O)CN(CCNCC[N+](CCN(CC(=O)O)CC(=O)O)(CC(=O)O)CC(=O)O)CC(=O)O. The van der Waals surface area contributed by atoms with Gasteiger partial charge in [0.2, 0.25) is 0 Å². The van der Waals surface area contributed by atoms with Crippen LogP contribution in [0.3, 0.4) is 0 Å². The molecule has 0 aromatic rings. The monoisotopic (exact) mass is 495 g/mol. The summed E-state index contributed by atoms with van der Waals surface area (Å²) in [5.74, 6) is -7.65. The summed E-state index contributed by atoms with van der Waals surface area (Å²) in [7, 11) is 0. The first-order valence-electron chi connectivity index (χ1n) is 10.1. The van der Waals surface area contributed by atoms with E-state index in [0.29, 0.717) is 0 Å². The average Bonchev–Trinajstić information content (AvgIpc) is 2.62. The molecule has 0 radical (unpaired) electrons. The smallest absolute Gasteiger partial charge is 0.359 e. The maximum absolute atomic E-state index is 11.4. The standard InChI is InChI=1S/C18H30N4O12/c23-13(24)7-20(8-14(25)26)3-1-19-2-5-22(11-17(31)32,12-18(33)34)6-4-21(9-15(27)28)10-16(29)30/h19H,1-12H2,(H5-,23,24,25,26,27,28,29,30,31,32,33,34)/p+1. The molecule has 0 unspecified atom stereocenters. The number of nitrogens with zero attached hydrogens (tertiary/aromatic N) is 3. The molecule has 16 nitrogen and oxygen atoms in total. The van der Waals surface area contributed by atoms with Gasteiger partial charge in [0.15, 0.2) is 13.1 Å². The van der Waals surface area contributed by atoms with Crippen molar-refractivity contribution in [3.05, 3.63) is 0 Å². The summed E-state index contributed by atoms with van der Waals surface area (Å²) < 4.78 is -0.513. The van der Waals surface area contributed by atoms with Crippen LogP contribution in [-0.2, 0) is 28.8 Å². The number of hydrogen-bond donors (Lipinski definition) is 7. The fraction of sp³-hybridized carbons (Fsp3) is 0.667. The van der Waals surface area contributed by atoms with Crippen molar-refractivity contribution in [2.24, 2.45) is 0 Å². The molecule has 0 aliphatic carbocycles. The second-order valence-corrected chi connectivity index (χ2v) is 7.64. The van der Waals surface area contributed by atoms with Crippen molar-refractivity contribution in [1.29, 1.82) is 0 Å². The Hall–Kier alpha value is -3.34. The molecule has 0 saturated heterocycles. The van der Waals surface area contributed by atoms with Gasteiger partial charge < -0.3 is 40.4 Å². The van der Waals surface area contributed by atoms with Crippen LogP contribution < -0.4 is 5.32 Å². The third-order valence-corrected chi connectivity index (χ3v) is 4.64. The molecular formula is C18H31N4O12+. The molecule has 0 aliphatic heterocycles. The van der Waals surface area contributed by atoms with Crippen molar-refractivity contribution in [2.45, 2.75) is 0 Å². The van der Waals surface area contributed by atoms with Crippen LogP contribution in [0, 0.1) is 0 Å². The van der Waals surface area contributed by atoms with Gasteiger partial charge >= 0.3 is 35.8 Å². The minimum absolute atomic E-state index is 0.0373. The maximum atomic E-state index is 11.4. The van der Waals surface area contributed by atoms with Crippen LogP contribution >= 0.6 is 0 Å². The fourth-order valence-electron chi connectivity index (χ4n) is 3.28. The van der Waals surface area contributed by atoms with Crippen molar-refractivity contribution in [2.75, 3.05) is 78.5 Å². The first-order valence-corrected chi connectivity index (χ1v) is 10.1. The minimum Gasteiger partial charge on any atom is -0.480 e. The van der Waals surface area contributed by atoms with Gasteiger partial charge in [-0.05, 0) is 0 Å². The third-order valence-electron chi connectivity index (χ3n) is 4.64. The molecule has 194 valence electrons. The highest BCUT2D eigenvalue weighted by atomic mass is 16.4. The van der Waals surface area contributed by atoms with Crippen LogP contribution in [0.2, 0.25) is 0 Å². The lowest BCUT2D eigenvalue weighted by Gasteiger charge is -2.37. The number of carboxylic acid groups (broad SMARTS) is 6. The Labute approximate surface area is 194 Å². The van der Waals surface area contributed by atoms with E-state index in [0.717, 1.165) is 9.80 Å². The number of rotatable bonds is 21. The zero-order chi connectivity index (χ0) is 26.3. The van der Waals surface area contributed by atoms with Gasteiger partial charge in [0, 0.05) is 26.2 Å². The highest BCUT2D eigenvalue weighted by Crippen LogP contribution is 2.08. The summed E-state index contributed by atoms with van der Waals surface area (Å²) >= 11 is 0. The summed E-state index contributed by atoms with van der Waals surface area (Å²) in [6, 6.07) is 0. The van der Waals surface area contributed by atoms with Crippen LogP contribution in [0.15, 0.2) is 0 Å². The van der Waals surface area contributed by atoms with E-state index in [1.54, 1.807) is 0 Å². The van der Waals surface area contributed by atoms with E-state index in [-0.39, 0.29) is 39.3 Å². The van der Waals surface area contributed by atoms with Crippen molar-refractivity contribution in [3.8, 4) is 0 Å². The lowest BCUT2D eigenvalue weighted by Crippen LogP contribution is -2.59. The van der Waals surface area contributed by atoms with Crippen molar-refractivity contribution in [1.82, 2.24) is 15.1 Å². The summed E-state index contributed by atoms with van der Waals surface area (Å²) in [6.07, 6.45) is 0. The van der Waals surface area contributed by atoms with E-state index < -0.39 is 79.6 Å². The molecule has 0 fully saturated rings. The summed E-state index contributed by atoms with van der Waals surface area (Å²) in [6.45, 7) is -3.65. The predicted octanol–water partition coefficient (Wildman–Crippen LogP) is -3.50. The zero-order valence-electron chi connectivity index (χ0n) is 18.5. The van der Waals surface area contributed by atoms with E-state index >= 15 is 0 Å². The molecule has 16 heteroatoms. The van der Waals surface area contributed by atoms with Gasteiger partial charge in [-0.2, -0.15) is 0 Å². The fourth-order valence-corrected chi connectivity index (χ4v) is 3.28. The topological polar surface area (TPSA) is 242 Å². The number of nitrogens with one attached hydrogen (secondary N) is 1. The summed E-state index contributed by atoms with van der Waals surface area (Å²) in [5.41, 5.74) is 0. The Morgan fingerprint density at radius 3 is 1.26 bits per heavy atom. The average molecular weight is 495 g/mol. The van der Waals surface area contributed by atoms with Crippen molar-refractivity contribution >= 4 is 35.8 Å². The number of hydrogen-bond acceptors (Lipinski definition) is 9. The molecule has 0 aromatic carbocycles. The van der Waals surface area contributed by atoms with E-state index in [4.69, 9.17) is 20.4 Å². The van der Waals surface area contributed by atoms with Gasteiger partial charge in [-0.3, -0.25) is 29.0 Å². The molecule has 0 rings (SSSR count). The van der Waals surface area contributed by atoms with Crippen molar-refractivity contribution in [3.63, 3.8) is 0 Å².